The molecule has 0 bridgehead atoms. The number of esters is 1. The fourth-order valence-corrected chi connectivity index (χ4v) is 4.59. The number of ether oxygens (including phenoxy) is 3. The number of benzene rings is 2. The predicted molar refractivity (Wildman–Crippen MR) is 127 cm³/mol. The molecule has 3 aromatic rings. The Bertz CT molecular complexity index is 1080. The second kappa shape index (κ2) is 10.1. The maximum atomic E-state index is 11.9. The summed E-state index contributed by atoms with van der Waals surface area (Å²) in [7, 11) is 1.68. The van der Waals surface area contributed by atoms with Gasteiger partial charge in [0.25, 0.3) is 0 Å². The van der Waals surface area contributed by atoms with E-state index in [-0.39, 0.29) is 12.1 Å². The number of nitrogens with zero attached hydrogens (tertiary/aromatic N) is 1. The SMILES string of the molecule is CCOC(=O)CCc1cc(OC)c(OC2CCCC2)c(-c2ccc3c(ccn3CC)c2)c1. The molecular formula is C27H33NO4. The van der Waals surface area contributed by atoms with Crippen LogP contribution < -0.4 is 9.47 Å². The smallest absolute Gasteiger partial charge is 0.306 e. The van der Waals surface area contributed by atoms with Crippen molar-refractivity contribution >= 4 is 16.9 Å². The van der Waals surface area contributed by atoms with Crippen molar-refractivity contribution in [2.75, 3.05) is 13.7 Å². The molecule has 5 heteroatoms. The predicted octanol–water partition coefficient (Wildman–Crippen LogP) is 6.15. The van der Waals surface area contributed by atoms with E-state index in [4.69, 9.17) is 14.2 Å². The summed E-state index contributed by atoms with van der Waals surface area (Å²) in [5.74, 6) is 1.34. The Hall–Kier alpha value is -2.95. The van der Waals surface area contributed by atoms with Gasteiger partial charge in [0, 0.05) is 35.6 Å². The van der Waals surface area contributed by atoms with Crippen molar-refractivity contribution in [3.05, 3.63) is 48.2 Å². The highest BCUT2D eigenvalue weighted by Gasteiger charge is 2.22. The van der Waals surface area contributed by atoms with Gasteiger partial charge < -0.3 is 18.8 Å². The van der Waals surface area contributed by atoms with E-state index in [0.717, 1.165) is 47.6 Å². The topological polar surface area (TPSA) is 49.7 Å². The number of fused-ring (bicyclic) bond motifs is 1. The van der Waals surface area contributed by atoms with Crippen LogP contribution in [-0.4, -0.2) is 30.4 Å². The van der Waals surface area contributed by atoms with Crippen LogP contribution >= 0.6 is 0 Å². The van der Waals surface area contributed by atoms with Gasteiger partial charge in [-0.05, 0) is 87.4 Å². The number of rotatable bonds is 9. The molecule has 1 fully saturated rings. The molecule has 0 radical (unpaired) electrons. The van der Waals surface area contributed by atoms with Gasteiger partial charge in [-0.25, -0.2) is 0 Å². The number of methoxy groups -OCH3 is 1. The van der Waals surface area contributed by atoms with E-state index in [2.05, 4.69) is 48.0 Å². The van der Waals surface area contributed by atoms with Crippen molar-refractivity contribution in [2.45, 2.75) is 65.0 Å². The standard InChI is InChI=1S/C27H33NO4/c1-4-28-15-14-21-18-20(11-12-24(21)28)23-16-19(10-13-26(29)31-5-2)17-25(30-3)27(23)32-22-8-6-7-9-22/h11-12,14-18,22H,4-10,13H2,1-3H3. The van der Waals surface area contributed by atoms with Gasteiger partial charge in [0.15, 0.2) is 11.5 Å². The summed E-state index contributed by atoms with van der Waals surface area (Å²) in [6.07, 6.45) is 7.85. The third-order valence-electron chi connectivity index (χ3n) is 6.27. The lowest BCUT2D eigenvalue weighted by molar-refractivity contribution is -0.143. The highest BCUT2D eigenvalue weighted by Crippen LogP contribution is 2.42. The number of hydrogen-bond donors (Lipinski definition) is 0. The number of aromatic nitrogens is 1. The fourth-order valence-electron chi connectivity index (χ4n) is 4.59. The highest BCUT2D eigenvalue weighted by molar-refractivity contribution is 5.87. The number of carbonyl (C=O) groups excluding carboxylic acids is 1. The largest absolute Gasteiger partial charge is 0.493 e. The molecule has 2 aromatic carbocycles. The number of aryl methyl sites for hydroxylation is 2. The first-order valence-corrected chi connectivity index (χ1v) is 11.7. The first-order valence-electron chi connectivity index (χ1n) is 11.7. The van der Waals surface area contributed by atoms with Crippen LogP contribution in [0.2, 0.25) is 0 Å². The summed E-state index contributed by atoms with van der Waals surface area (Å²) in [6.45, 7) is 5.32. The van der Waals surface area contributed by atoms with Crippen molar-refractivity contribution in [1.82, 2.24) is 4.57 Å². The number of carbonyl (C=O) groups is 1. The molecule has 5 nitrogen and oxygen atoms in total. The number of hydrogen-bond acceptors (Lipinski definition) is 4. The van der Waals surface area contributed by atoms with Crippen molar-refractivity contribution in [1.29, 1.82) is 0 Å². The van der Waals surface area contributed by atoms with E-state index in [1.54, 1.807) is 7.11 Å². The van der Waals surface area contributed by atoms with E-state index in [1.807, 2.05) is 13.0 Å². The first kappa shape index (κ1) is 22.3. The van der Waals surface area contributed by atoms with Crippen LogP contribution in [0.25, 0.3) is 22.0 Å². The zero-order valence-electron chi connectivity index (χ0n) is 19.4. The van der Waals surface area contributed by atoms with Crippen LogP contribution in [0.15, 0.2) is 42.6 Å². The van der Waals surface area contributed by atoms with Crippen LogP contribution in [0.5, 0.6) is 11.5 Å². The fraction of sp³-hybridized carbons (Fsp3) is 0.444. The zero-order valence-corrected chi connectivity index (χ0v) is 19.4. The molecule has 1 heterocycles. The minimum Gasteiger partial charge on any atom is -0.493 e. The Morgan fingerprint density at radius 3 is 2.62 bits per heavy atom. The lowest BCUT2D eigenvalue weighted by Gasteiger charge is -2.21. The molecule has 4 rings (SSSR count). The molecule has 0 spiro atoms. The third-order valence-corrected chi connectivity index (χ3v) is 6.27. The van der Waals surface area contributed by atoms with Gasteiger partial charge in [0.2, 0.25) is 0 Å². The molecule has 0 aliphatic heterocycles. The maximum absolute atomic E-state index is 11.9. The summed E-state index contributed by atoms with van der Waals surface area (Å²) in [6, 6.07) is 12.8. The molecule has 1 aliphatic carbocycles. The van der Waals surface area contributed by atoms with Gasteiger partial charge in [-0.2, -0.15) is 0 Å². The van der Waals surface area contributed by atoms with Crippen LogP contribution in [0.3, 0.4) is 0 Å². The van der Waals surface area contributed by atoms with Crippen LogP contribution in [0.1, 0.15) is 51.5 Å². The van der Waals surface area contributed by atoms with Gasteiger partial charge in [-0.3, -0.25) is 4.79 Å². The molecule has 0 unspecified atom stereocenters. The van der Waals surface area contributed by atoms with Crippen molar-refractivity contribution in [3.8, 4) is 22.6 Å². The van der Waals surface area contributed by atoms with E-state index in [9.17, 15) is 4.79 Å². The summed E-state index contributed by atoms with van der Waals surface area (Å²) >= 11 is 0. The normalized spacial score (nSPS) is 14.1. The third kappa shape index (κ3) is 4.77. The van der Waals surface area contributed by atoms with Crippen molar-refractivity contribution in [2.24, 2.45) is 0 Å². The van der Waals surface area contributed by atoms with Gasteiger partial charge in [0.1, 0.15) is 0 Å². The minimum atomic E-state index is -0.179. The molecule has 170 valence electrons. The average molecular weight is 436 g/mol. The highest BCUT2D eigenvalue weighted by atomic mass is 16.5. The van der Waals surface area contributed by atoms with E-state index >= 15 is 0 Å². The van der Waals surface area contributed by atoms with Crippen LogP contribution in [0, 0.1) is 0 Å². The molecule has 32 heavy (non-hydrogen) atoms. The summed E-state index contributed by atoms with van der Waals surface area (Å²) in [4.78, 5) is 11.9. The first-order chi connectivity index (χ1) is 15.6. The molecule has 0 atom stereocenters. The summed E-state index contributed by atoms with van der Waals surface area (Å²) in [5, 5.41) is 1.20. The monoisotopic (exact) mass is 435 g/mol. The summed E-state index contributed by atoms with van der Waals surface area (Å²) < 4.78 is 19.6. The van der Waals surface area contributed by atoms with Crippen molar-refractivity contribution < 1.29 is 19.0 Å². The van der Waals surface area contributed by atoms with E-state index in [1.165, 1.54) is 23.7 Å². The Morgan fingerprint density at radius 1 is 1.09 bits per heavy atom. The quantitative estimate of drug-likeness (QED) is 0.378. The summed E-state index contributed by atoms with van der Waals surface area (Å²) in [5.41, 5.74) is 4.37. The van der Waals surface area contributed by atoms with Gasteiger partial charge >= 0.3 is 5.97 Å². The lowest BCUT2D eigenvalue weighted by Crippen LogP contribution is -2.13. The van der Waals surface area contributed by atoms with Gasteiger partial charge in [0.05, 0.1) is 19.8 Å². The van der Waals surface area contributed by atoms with Gasteiger partial charge in [-0.15, -0.1) is 0 Å². The van der Waals surface area contributed by atoms with E-state index < -0.39 is 0 Å². The van der Waals surface area contributed by atoms with E-state index in [0.29, 0.717) is 19.4 Å². The Labute approximate surface area is 190 Å². The van der Waals surface area contributed by atoms with Gasteiger partial charge in [-0.1, -0.05) is 6.07 Å². The maximum Gasteiger partial charge on any atom is 0.306 e. The van der Waals surface area contributed by atoms with Crippen molar-refractivity contribution in [3.63, 3.8) is 0 Å². The molecular weight excluding hydrogens is 402 g/mol. The molecule has 0 saturated heterocycles. The Morgan fingerprint density at radius 2 is 1.91 bits per heavy atom. The molecule has 0 amide bonds. The Balaban J connectivity index is 1.75. The molecule has 1 saturated carbocycles. The van der Waals surface area contributed by atoms with Crippen LogP contribution in [0.4, 0.5) is 0 Å². The Kier molecular flexibility index (Phi) is 7.03. The second-order valence-electron chi connectivity index (χ2n) is 8.38. The minimum absolute atomic E-state index is 0.179. The average Bonchev–Trinajstić information content (AvgIpc) is 3.47. The lowest BCUT2D eigenvalue weighted by atomic mass is 9.98. The van der Waals surface area contributed by atoms with Crippen LogP contribution in [-0.2, 0) is 22.5 Å². The molecule has 1 aromatic heterocycles. The zero-order chi connectivity index (χ0) is 22.5. The molecule has 0 N–H and O–H groups in total. The second-order valence-corrected chi connectivity index (χ2v) is 8.38. The molecule has 1 aliphatic rings.